The van der Waals surface area contributed by atoms with Gasteiger partial charge < -0.3 is 19.6 Å². The molecule has 0 spiro atoms. The van der Waals surface area contributed by atoms with E-state index in [0.29, 0.717) is 25.7 Å². The molecule has 1 heterocycles. The lowest BCUT2D eigenvalue weighted by atomic mass is 9.93. The molecule has 1 N–H and O–H groups in total. The lowest BCUT2D eigenvalue weighted by molar-refractivity contribution is -0.00651. The van der Waals surface area contributed by atoms with Crippen LogP contribution in [0.15, 0.2) is 29.0 Å². The van der Waals surface area contributed by atoms with Gasteiger partial charge in [-0.2, -0.15) is 0 Å². The number of hydrogen-bond donors (Lipinski definition) is 1. The highest BCUT2D eigenvalue weighted by Gasteiger charge is 2.30. The van der Waals surface area contributed by atoms with E-state index in [0.717, 1.165) is 31.3 Å². The van der Waals surface area contributed by atoms with E-state index in [1.807, 2.05) is 31.7 Å². The van der Waals surface area contributed by atoms with Crippen molar-refractivity contribution in [2.75, 3.05) is 19.8 Å². The zero-order chi connectivity index (χ0) is 18.3. The number of carbonyl (C=O) groups is 1. The first-order valence-electron chi connectivity index (χ1n) is 9.02. The van der Waals surface area contributed by atoms with Crippen molar-refractivity contribution in [3.8, 4) is 0 Å². The van der Waals surface area contributed by atoms with Crippen LogP contribution in [0.5, 0.6) is 0 Å². The van der Waals surface area contributed by atoms with Crippen molar-refractivity contribution in [3.63, 3.8) is 0 Å². The van der Waals surface area contributed by atoms with Crippen LogP contribution in [-0.4, -0.2) is 53.8 Å². The molecule has 1 saturated heterocycles. The van der Waals surface area contributed by atoms with Crippen molar-refractivity contribution in [3.05, 3.63) is 23.8 Å². The third-order valence-corrected chi connectivity index (χ3v) is 4.42. The van der Waals surface area contributed by atoms with Gasteiger partial charge in [0.15, 0.2) is 0 Å². The molecule has 0 saturated carbocycles. The maximum Gasteiger partial charge on any atom is 0.410 e. The summed E-state index contributed by atoms with van der Waals surface area (Å²) in [4.78, 5) is 14.5. The number of allylic oxidation sites excluding steroid dienone is 4. The maximum absolute atomic E-state index is 12.7. The Kier molecular flexibility index (Phi) is 7.05. The van der Waals surface area contributed by atoms with Crippen LogP contribution in [0.1, 0.15) is 46.5 Å². The highest BCUT2D eigenvalue weighted by atomic mass is 16.6. The van der Waals surface area contributed by atoms with Crippen LogP contribution in [0, 0.1) is 5.92 Å². The molecular weight excluding hydrogens is 320 g/mol. The molecule has 0 aromatic heterocycles. The van der Waals surface area contributed by atoms with Crippen LogP contribution in [0.3, 0.4) is 0 Å². The molecule has 1 fully saturated rings. The van der Waals surface area contributed by atoms with Crippen LogP contribution >= 0.6 is 0 Å². The molecular formula is C19H30N2O4. The predicted octanol–water partition coefficient (Wildman–Crippen LogP) is 3.76. The average molecular weight is 350 g/mol. The molecule has 140 valence electrons. The van der Waals surface area contributed by atoms with Crippen molar-refractivity contribution in [1.82, 2.24) is 4.90 Å². The summed E-state index contributed by atoms with van der Waals surface area (Å²) in [5.74, 6) is 0.376. The second-order valence-electron chi connectivity index (χ2n) is 7.61. The Balaban J connectivity index is 1.94. The third-order valence-electron chi connectivity index (χ3n) is 4.42. The van der Waals surface area contributed by atoms with Gasteiger partial charge in [0.25, 0.3) is 0 Å². The number of oxime groups is 1. The molecule has 1 atom stereocenters. The fourth-order valence-electron chi connectivity index (χ4n) is 3.10. The molecule has 1 aliphatic heterocycles. The van der Waals surface area contributed by atoms with E-state index in [1.165, 1.54) is 6.21 Å². The summed E-state index contributed by atoms with van der Waals surface area (Å²) in [6.45, 7) is 7.75. The van der Waals surface area contributed by atoms with E-state index in [2.05, 4.69) is 17.3 Å². The van der Waals surface area contributed by atoms with Gasteiger partial charge in [-0.3, -0.25) is 0 Å². The molecule has 1 unspecified atom stereocenters. The van der Waals surface area contributed by atoms with Gasteiger partial charge in [-0.05, 0) is 57.9 Å². The van der Waals surface area contributed by atoms with Crippen molar-refractivity contribution in [1.29, 1.82) is 0 Å². The molecule has 6 heteroatoms. The number of hydrogen-bond acceptors (Lipinski definition) is 5. The molecule has 0 aromatic rings. The van der Waals surface area contributed by atoms with Crippen LogP contribution in [0.2, 0.25) is 0 Å². The monoisotopic (exact) mass is 350 g/mol. The number of nitrogens with zero attached hydrogens (tertiary/aromatic N) is 2. The van der Waals surface area contributed by atoms with Gasteiger partial charge in [0.2, 0.25) is 0 Å². The summed E-state index contributed by atoms with van der Waals surface area (Å²) in [5.41, 5.74) is 0.416. The van der Waals surface area contributed by atoms with Crippen LogP contribution in [0.4, 0.5) is 4.79 Å². The van der Waals surface area contributed by atoms with E-state index >= 15 is 0 Å². The van der Waals surface area contributed by atoms with E-state index < -0.39 is 5.60 Å². The molecule has 6 nitrogen and oxygen atoms in total. The summed E-state index contributed by atoms with van der Waals surface area (Å²) >= 11 is 0. The van der Waals surface area contributed by atoms with Gasteiger partial charge in [-0.15, -0.1) is 0 Å². The minimum Gasteiger partial charge on any atom is -0.444 e. The number of amides is 1. The lowest BCUT2D eigenvalue weighted by Crippen LogP contribution is -2.46. The van der Waals surface area contributed by atoms with Crippen LogP contribution in [0.25, 0.3) is 0 Å². The molecule has 0 radical (unpaired) electrons. The fraction of sp³-hybridized carbons (Fsp3) is 0.684. The Hall–Kier alpha value is -1.82. The molecule has 0 aromatic carbocycles. The second-order valence-corrected chi connectivity index (χ2v) is 7.61. The molecule has 2 rings (SSSR count). The molecule has 0 bridgehead atoms. The van der Waals surface area contributed by atoms with Crippen molar-refractivity contribution >= 4 is 12.3 Å². The Bertz CT molecular complexity index is 528. The predicted molar refractivity (Wildman–Crippen MR) is 97.0 cm³/mol. The number of carbonyl (C=O) groups excluding carboxylic acids is 1. The summed E-state index contributed by atoms with van der Waals surface area (Å²) < 4.78 is 11.0. The summed E-state index contributed by atoms with van der Waals surface area (Å²) in [5, 5.41) is 11.6. The number of rotatable bonds is 5. The summed E-state index contributed by atoms with van der Waals surface area (Å²) in [6.07, 6.45) is 10.8. The first-order chi connectivity index (χ1) is 11.9. The maximum atomic E-state index is 12.7. The zero-order valence-corrected chi connectivity index (χ0v) is 15.5. The van der Waals surface area contributed by atoms with E-state index in [9.17, 15) is 4.79 Å². The molecule has 1 amide bonds. The minimum atomic E-state index is -0.494. The largest absolute Gasteiger partial charge is 0.444 e. The smallest absolute Gasteiger partial charge is 0.410 e. The topological polar surface area (TPSA) is 71.4 Å². The second kappa shape index (κ2) is 9.04. The first-order valence-corrected chi connectivity index (χ1v) is 9.02. The molecule has 25 heavy (non-hydrogen) atoms. The normalized spacial score (nSPS) is 22.0. The third kappa shape index (κ3) is 6.53. The number of ether oxygens (including phenoxy) is 2. The minimum absolute atomic E-state index is 0.184. The van der Waals surface area contributed by atoms with E-state index in [-0.39, 0.29) is 12.1 Å². The summed E-state index contributed by atoms with van der Waals surface area (Å²) in [7, 11) is 0. The van der Waals surface area contributed by atoms with Crippen molar-refractivity contribution in [2.45, 2.75) is 58.1 Å². The highest BCUT2D eigenvalue weighted by molar-refractivity contribution is 5.82. The molecule has 1 aliphatic carbocycles. The van der Waals surface area contributed by atoms with Crippen molar-refractivity contribution in [2.24, 2.45) is 11.1 Å². The van der Waals surface area contributed by atoms with Gasteiger partial charge in [-0.25, -0.2) is 4.79 Å². The SMILES string of the molecule is CC(C)(C)OC(=O)N(CCC1C=CC(/C=N/O)=CC1)C1CCOCC1. The summed E-state index contributed by atoms with van der Waals surface area (Å²) in [6, 6.07) is 0.184. The van der Waals surface area contributed by atoms with Crippen molar-refractivity contribution < 1.29 is 19.5 Å². The Morgan fingerprint density at radius 1 is 1.44 bits per heavy atom. The molecule has 2 aliphatic rings. The van der Waals surface area contributed by atoms with Gasteiger partial charge in [-0.1, -0.05) is 23.4 Å². The van der Waals surface area contributed by atoms with E-state index in [4.69, 9.17) is 14.7 Å². The zero-order valence-electron chi connectivity index (χ0n) is 15.5. The van der Waals surface area contributed by atoms with Crippen LogP contribution < -0.4 is 0 Å². The Labute approximate surface area is 150 Å². The highest BCUT2D eigenvalue weighted by Crippen LogP contribution is 2.23. The van der Waals surface area contributed by atoms with Gasteiger partial charge in [0, 0.05) is 25.8 Å². The Morgan fingerprint density at radius 3 is 2.72 bits per heavy atom. The Morgan fingerprint density at radius 2 is 2.16 bits per heavy atom. The lowest BCUT2D eigenvalue weighted by Gasteiger charge is -2.36. The van der Waals surface area contributed by atoms with Gasteiger partial charge in [0.05, 0.1) is 6.21 Å². The standard InChI is InChI=1S/C19H30N2O4/c1-19(2,3)25-18(22)21(17-9-12-24-13-10-17)11-8-15-4-6-16(7-5-15)14-20-23/h4,6-7,14-15,17,23H,5,8-13H2,1-3H3/b20-14+. The van der Waals surface area contributed by atoms with E-state index in [1.54, 1.807) is 0 Å². The fourth-order valence-corrected chi connectivity index (χ4v) is 3.10. The average Bonchev–Trinajstić information content (AvgIpc) is 2.56. The first kappa shape index (κ1) is 19.5. The van der Waals surface area contributed by atoms with Gasteiger partial charge >= 0.3 is 6.09 Å². The quantitative estimate of drug-likeness (QED) is 0.466. The van der Waals surface area contributed by atoms with Gasteiger partial charge in [0.1, 0.15) is 5.60 Å². The van der Waals surface area contributed by atoms with Crippen LogP contribution in [-0.2, 0) is 9.47 Å².